The molecule has 0 radical (unpaired) electrons. The van der Waals surface area contributed by atoms with E-state index >= 15 is 0 Å². The van der Waals surface area contributed by atoms with Crippen LogP contribution in [-0.4, -0.2) is 93.4 Å². The van der Waals surface area contributed by atoms with Crippen LogP contribution in [0.25, 0.3) is 14.5 Å². The Morgan fingerprint density at radius 3 is 1.18 bits per heavy atom. The number of hydrogen-bond donors (Lipinski definition) is 2. The molecule has 8 rings (SSSR count). The van der Waals surface area contributed by atoms with Crippen LogP contribution < -0.4 is 188 Å². The molecule has 0 atom stereocenters. The Kier molecular flexibility index (Phi) is 61.3. The Hall–Kier alpha value is -2.30. The van der Waals surface area contributed by atoms with Crippen molar-refractivity contribution >= 4 is 94.8 Å². The van der Waals surface area contributed by atoms with Gasteiger partial charge in [-0.3, -0.25) is 10.2 Å². The SMILES string of the molecule is C.CC(C)(C)[O-].CCC[CH2][Sn]([CH2]CCC)([CH2]CCC)[c]1ccc(CBr)cc1.Nn1cnnc1.O=CO[O-].[C-]#[N+]c1ccc(F)cc1.[C-]#[N+]c1ccc(N(Cc2cc[c]([Sn]([CH2]CCC)([CH2]CCC)[CH2]CCC)cc2)n2cnnc2)cc1.[C-]#[N+]c1ccc(Nn2cnnc2)cc1.[H-].[K+].[K+].[K+]. The van der Waals surface area contributed by atoms with Gasteiger partial charge in [-0.2, -0.15) is 0 Å². The largest absolute Gasteiger partial charge is 1.00 e. The Labute approximate surface area is 725 Å². The van der Waals surface area contributed by atoms with Crippen LogP contribution in [0.15, 0.2) is 159 Å². The Balaban J connectivity index is -0.000000590. The molecule has 0 bridgehead atoms. The summed E-state index contributed by atoms with van der Waals surface area (Å²) in [5.74, 6) is 4.77. The van der Waals surface area contributed by atoms with Gasteiger partial charge < -0.3 is 29.1 Å². The zero-order valence-corrected chi connectivity index (χ0v) is 75.7. The molecule has 0 aliphatic carbocycles. The molecule has 26 heteroatoms. The van der Waals surface area contributed by atoms with Gasteiger partial charge in [0.05, 0.1) is 18.8 Å². The molecule has 0 saturated heterocycles. The van der Waals surface area contributed by atoms with Crippen LogP contribution in [0.2, 0.25) is 26.6 Å². The molecular formula is C71H102BrFK3N15O4Sn2. The number of carbonyl (C=O) groups is 1. The summed E-state index contributed by atoms with van der Waals surface area (Å²) in [5, 5.41) is 43.8. The fraction of sp³-hybridized carbons (Fsp3) is 0.437. The second kappa shape index (κ2) is 60.1. The number of nitrogens with one attached hydrogen (secondary N) is 1. The maximum Gasteiger partial charge on any atom is 1.00 e. The smallest absolute Gasteiger partial charge is 1.00 e. The maximum atomic E-state index is 12.1. The molecule has 510 valence electrons. The average molecular weight is 1680 g/mol. The molecule has 3 aromatic heterocycles. The Bertz CT molecular complexity index is 3250. The van der Waals surface area contributed by atoms with E-state index in [4.69, 9.17) is 35.6 Å². The molecule has 0 fully saturated rings. The summed E-state index contributed by atoms with van der Waals surface area (Å²) < 4.78 is 29.6. The van der Waals surface area contributed by atoms with Crippen molar-refractivity contribution in [1.29, 1.82) is 0 Å². The minimum absolute atomic E-state index is 0. The molecule has 0 saturated carbocycles. The number of nitrogens with two attached hydrogens (primary N) is 1. The first-order valence-corrected chi connectivity index (χ1v) is 48.1. The van der Waals surface area contributed by atoms with Gasteiger partial charge in [0.2, 0.25) is 0 Å². The minimum atomic E-state index is -2.41. The van der Waals surface area contributed by atoms with E-state index in [9.17, 15) is 9.50 Å². The second-order valence-electron chi connectivity index (χ2n) is 23.2. The van der Waals surface area contributed by atoms with E-state index in [0.29, 0.717) is 17.1 Å². The summed E-state index contributed by atoms with van der Waals surface area (Å²) in [5.41, 5.74) is 8.60. The Morgan fingerprint density at radius 2 is 0.876 bits per heavy atom. The number of hydrogen-bond acceptors (Lipinski definition) is 13. The number of anilines is 2. The van der Waals surface area contributed by atoms with Crippen LogP contribution >= 0.6 is 15.9 Å². The summed E-state index contributed by atoms with van der Waals surface area (Å²) in [7, 11) is 0. The van der Waals surface area contributed by atoms with Crippen molar-refractivity contribution in [3.05, 3.63) is 210 Å². The number of unbranched alkanes of at least 4 members (excludes halogenated alkanes) is 6. The molecule has 0 amide bonds. The fourth-order valence-corrected chi connectivity index (χ4v) is 42.1. The van der Waals surface area contributed by atoms with E-state index in [1.165, 1.54) is 143 Å². The van der Waals surface area contributed by atoms with E-state index in [0.717, 1.165) is 23.2 Å². The van der Waals surface area contributed by atoms with E-state index in [1.807, 2.05) is 41.1 Å². The van der Waals surface area contributed by atoms with Gasteiger partial charge in [0, 0.05) is 0 Å². The molecular weight excluding hydrogens is 1580 g/mol. The summed E-state index contributed by atoms with van der Waals surface area (Å²) in [6.07, 6.45) is 25.9. The maximum absolute atomic E-state index is 12.1. The average Bonchev–Trinajstić information content (AvgIpc) is 0.949. The van der Waals surface area contributed by atoms with Gasteiger partial charge in [0.1, 0.15) is 31.1 Å². The number of alkyl halides is 1. The van der Waals surface area contributed by atoms with Crippen LogP contribution in [0.1, 0.15) is 159 Å². The molecule has 19 nitrogen and oxygen atoms in total. The van der Waals surface area contributed by atoms with E-state index < -0.39 is 42.4 Å². The molecule has 0 unspecified atom stereocenters. The van der Waals surface area contributed by atoms with Crippen molar-refractivity contribution < 1.29 is 180 Å². The van der Waals surface area contributed by atoms with Gasteiger partial charge in [-0.15, -0.1) is 26.0 Å². The van der Waals surface area contributed by atoms with Gasteiger partial charge >= 0.3 is 504 Å². The van der Waals surface area contributed by atoms with Crippen molar-refractivity contribution in [2.24, 2.45) is 0 Å². The van der Waals surface area contributed by atoms with Crippen molar-refractivity contribution in [2.45, 2.75) is 191 Å². The predicted octanol–water partition coefficient (Wildman–Crippen LogP) is 7.41. The second-order valence-corrected chi connectivity index (χ2v) is 50.2. The van der Waals surface area contributed by atoms with Crippen molar-refractivity contribution in [1.82, 2.24) is 44.6 Å². The quantitative estimate of drug-likeness (QED) is 0.00930. The predicted molar refractivity (Wildman–Crippen MR) is 388 cm³/mol. The summed E-state index contributed by atoms with van der Waals surface area (Å²) in [4.78, 5) is 21.2. The van der Waals surface area contributed by atoms with Gasteiger partial charge in [-0.1, -0.05) is 52.5 Å². The van der Waals surface area contributed by atoms with Crippen LogP contribution in [-0.2, 0) is 21.6 Å². The summed E-state index contributed by atoms with van der Waals surface area (Å²) in [6.45, 7) is 40.0. The molecule has 0 aliphatic rings. The van der Waals surface area contributed by atoms with E-state index in [-0.39, 0.29) is 175 Å². The van der Waals surface area contributed by atoms with Crippen LogP contribution in [0, 0.1) is 25.5 Å². The van der Waals surface area contributed by atoms with Gasteiger partial charge in [-0.05, 0) is 24.3 Å². The number of nitrogen functional groups attached to an aromatic ring is 1. The number of nitrogens with zero attached hydrogens (tertiary/aromatic N) is 13. The first kappa shape index (κ1) is 98.9. The molecule has 5 aromatic carbocycles. The fourth-order valence-electron chi connectivity index (χ4n) is 9.86. The molecule has 0 aliphatic heterocycles. The summed E-state index contributed by atoms with van der Waals surface area (Å²) in [6, 6.07) is 39.6. The first-order valence-electron chi connectivity index (χ1n) is 32.0. The third-order valence-corrected chi connectivity index (χ3v) is 46.7. The topological polar surface area (TPSA) is 219 Å². The summed E-state index contributed by atoms with van der Waals surface area (Å²) >= 11 is -0.992. The van der Waals surface area contributed by atoms with E-state index in [2.05, 4.69) is 166 Å². The molecule has 3 heterocycles. The number of carbonyl (C=O) groups excluding carboxylic acids is 1. The number of halogens is 2. The van der Waals surface area contributed by atoms with Gasteiger partial charge in [0.25, 0.3) is 6.47 Å². The van der Waals surface area contributed by atoms with Crippen LogP contribution in [0.3, 0.4) is 0 Å². The van der Waals surface area contributed by atoms with Crippen molar-refractivity contribution in [3.63, 3.8) is 0 Å². The van der Waals surface area contributed by atoms with Gasteiger partial charge in [-0.25, -0.2) is 23.4 Å². The minimum Gasteiger partial charge on any atom is -1.00 e. The normalized spacial score (nSPS) is 10.0. The monoisotopic (exact) mass is 1680 g/mol. The molecule has 3 N–H and O–H groups in total. The zero-order valence-electron chi connectivity index (χ0n) is 60.0. The Morgan fingerprint density at radius 1 is 0.567 bits per heavy atom. The molecule has 0 spiro atoms. The van der Waals surface area contributed by atoms with Crippen molar-refractivity contribution in [2.75, 3.05) is 16.3 Å². The molecule has 8 aromatic rings. The number of aromatic nitrogens is 9. The van der Waals surface area contributed by atoms with E-state index in [1.54, 1.807) is 83.4 Å². The standard InChI is InChI=1S/C16H12N5.C9H7N5.C7H6Br.C7H4FN.C4H9O.6C4H9.C2H4N4.CH2O3.CH4.3K.2Sn.H/c1-17-15-7-9-16(10-8-15)21(20-12-18-19-13-20)11-14-5-3-2-4-6-14;1-10-8-2-4-9(5-3-8)13-14-6-11-12-7-14;8-6-7-4-2-1-3-5-7;1-9-7-4-2-6(8)3-5-7;1-4(2,3)5;6*1-3-4-2;3-6-1-4-5-2-6;2-1-4-3;;;;;;;/h3-10,12-13H,11H2;2-7,13H;2-5H,6H2;2-5H;1-3H3;6*1,3-4H2,2H3;1-2H,3H2;1,3H;1H4;;;;;;/q;;;;-1;;;;;;;;;;3*+1;;;-1/p-1. The first-order chi connectivity index (χ1) is 44.9. The third-order valence-electron chi connectivity index (χ3n) is 14.7. The number of benzene rings is 5. The molecule has 97 heavy (non-hydrogen) atoms. The third kappa shape index (κ3) is 42.8. The number of rotatable bonds is 28. The van der Waals surface area contributed by atoms with Crippen LogP contribution in [0.4, 0.5) is 32.8 Å². The van der Waals surface area contributed by atoms with Crippen LogP contribution in [0.5, 0.6) is 0 Å². The van der Waals surface area contributed by atoms with Crippen molar-refractivity contribution in [3.8, 4) is 0 Å². The zero-order chi connectivity index (χ0) is 68.6. The van der Waals surface area contributed by atoms with Gasteiger partial charge in [0.15, 0.2) is 11.4 Å².